The summed E-state index contributed by atoms with van der Waals surface area (Å²) in [7, 11) is 0.453. The summed E-state index contributed by atoms with van der Waals surface area (Å²) < 4.78 is 15.9. The van der Waals surface area contributed by atoms with Gasteiger partial charge in [-0.1, -0.05) is 0 Å². The predicted molar refractivity (Wildman–Crippen MR) is 40.8 cm³/mol. The van der Waals surface area contributed by atoms with Crippen LogP contribution in [0.5, 0.6) is 0 Å². The first-order valence-corrected chi connectivity index (χ1v) is 4.71. The van der Waals surface area contributed by atoms with E-state index in [2.05, 4.69) is 0 Å². The third-order valence-electron chi connectivity index (χ3n) is 1.99. The number of nitrogens with two attached hydrogens (primary N) is 1. The van der Waals surface area contributed by atoms with Gasteiger partial charge in [0.2, 0.25) is 0 Å². The van der Waals surface area contributed by atoms with E-state index in [1.807, 2.05) is 0 Å². The highest BCUT2D eigenvalue weighted by Gasteiger charge is 2.30. The summed E-state index contributed by atoms with van der Waals surface area (Å²) in [6.45, 7) is 0. The van der Waals surface area contributed by atoms with E-state index in [1.165, 1.54) is 0 Å². The van der Waals surface area contributed by atoms with Gasteiger partial charge in [-0.25, -0.2) is 4.21 Å². The molecule has 1 aliphatic carbocycles. The molecule has 4 heteroatoms. The second kappa shape index (κ2) is 3.46. The Morgan fingerprint density at radius 2 is 2.30 bits per heavy atom. The molecule has 1 unspecified atom stereocenters. The number of hydrogen-bond donors (Lipinski definition) is 1. The molecule has 1 rings (SSSR count). The highest BCUT2D eigenvalue weighted by Crippen LogP contribution is 2.24. The lowest BCUT2D eigenvalue weighted by molar-refractivity contribution is 0.112. The summed E-state index contributed by atoms with van der Waals surface area (Å²) >= 11 is 0. The summed E-state index contributed by atoms with van der Waals surface area (Å²) in [4.78, 5) is 0. The zero-order valence-corrected chi connectivity index (χ0v) is 6.89. The molecule has 1 aliphatic rings. The number of hydrogen-bond acceptors (Lipinski definition) is 2. The van der Waals surface area contributed by atoms with Crippen LogP contribution in [-0.4, -0.2) is 22.7 Å². The Morgan fingerprint density at radius 1 is 1.60 bits per heavy atom. The molecule has 0 aromatic rings. The summed E-state index contributed by atoms with van der Waals surface area (Å²) in [6, 6.07) is 0. The average Bonchev–Trinajstić information content (AvgIpc) is 2.33. The maximum Gasteiger partial charge on any atom is 0.0946 e. The molecule has 3 nitrogen and oxygen atoms in total. The Kier molecular flexibility index (Phi) is 2.82. The number of ether oxygens (including phenoxy) is 1. The van der Waals surface area contributed by atoms with E-state index >= 15 is 0 Å². The first-order chi connectivity index (χ1) is 4.75. The van der Waals surface area contributed by atoms with Crippen molar-refractivity contribution in [3.05, 3.63) is 0 Å². The first kappa shape index (κ1) is 8.17. The van der Waals surface area contributed by atoms with Crippen LogP contribution in [0.25, 0.3) is 0 Å². The maximum absolute atomic E-state index is 10.8. The number of rotatable bonds is 2. The fourth-order valence-corrected chi connectivity index (χ4v) is 2.37. The fourth-order valence-electron chi connectivity index (χ4n) is 1.43. The van der Waals surface area contributed by atoms with E-state index in [0.717, 1.165) is 19.3 Å². The molecule has 0 saturated heterocycles. The summed E-state index contributed by atoms with van der Waals surface area (Å²) in [5.41, 5.74) is 0. The Bertz CT molecular complexity index is 140. The second-order valence-corrected chi connectivity index (χ2v) is 3.83. The largest absolute Gasteiger partial charge is 0.380 e. The molecule has 1 fully saturated rings. The highest BCUT2D eigenvalue weighted by atomic mass is 32.2. The van der Waals surface area contributed by atoms with Crippen LogP contribution in [0.15, 0.2) is 0 Å². The van der Waals surface area contributed by atoms with Crippen molar-refractivity contribution in [2.45, 2.75) is 30.6 Å². The van der Waals surface area contributed by atoms with Crippen molar-refractivity contribution < 1.29 is 8.95 Å². The van der Waals surface area contributed by atoms with Gasteiger partial charge in [0, 0.05) is 7.11 Å². The molecule has 60 valence electrons. The Morgan fingerprint density at radius 3 is 2.70 bits per heavy atom. The van der Waals surface area contributed by atoms with Crippen LogP contribution in [0, 0.1) is 0 Å². The van der Waals surface area contributed by atoms with Crippen molar-refractivity contribution >= 4 is 11.0 Å². The van der Waals surface area contributed by atoms with E-state index in [9.17, 15) is 4.21 Å². The Labute approximate surface area is 63.5 Å². The lowest BCUT2D eigenvalue weighted by Gasteiger charge is -2.13. The van der Waals surface area contributed by atoms with Crippen molar-refractivity contribution in [3.8, 4) is 0 Å². The molecular formula is C6H13NO2S. The van der Waals surface area contributed by atoms with Gasteiger partial charge >= 0.3 is 0 Å². The van der Waals surface area contributed by atoms with Crippen LogP contribution in [-0.2, 0) is 15.7 Å². The molecule has 10 heavy (non-hydrogen) atoms. The third-order valence-corrected chi connectivity index (χ3v) is 3.13. The molecule has 0 spiro atoms. The zero-order valence-electron chi connectivity index (χ0n) is 6.08. The first-order valence-electron chi connectivity index (χ1n) is 3.43. The van der Waals surface area contributed by atoms with Crippen LogP contribution in [0.2, 0.25) is 0 Å². The minimum atomic E-state index is -1.20. The van der Waals surface area contributed by atoms with Gasteiger partial charge in [-0.3, -0.25) is 5.14 Å². The summed E-state index contributed by atoms with van der Waals surface area (Å²) in [5, 5.41) is 5.33. The third kappa shape index (κ3) is 1.56. The van der Waals surface area contributed by atoms with Crippen molar-refractivity contribution in [1.29, 1.82) is 0 Å². The summed E-state index contributed by atoms with van der Waals surface area (Å²) in [5.74, 6) is 0. The van der Waals surface area contributed by atoms with E-state index in [0.29, 0.717) is 0 Å². The van der Waals surface area contributed by atoms with Gasteiger partial charge in [0.1, 0.15) is 0 Å². The molecule has 2 N–H and O–H groups in total. The van der Waals surface area contributed by atoms with Crippen LogP contribution in [0.3, 0.4) is 0 Å². The normalized spacial score (nSPS) is 36.2. The molecule has 0 aliphatic heterocycles. The van der Waals surface area contributed by atoms with E-state index < -0.39 is 11.0 Å². The van der Waals surface area contributed by atoms with Gasteiger partial charge < -0.3 is 4.74 Å². The number of methoxy groups -OCH3 is 1. The lowest BCUT2D eigenvalue weighted by atomic mass is 10.3. The average molecular weight is 163 g/mol. The van der Waals surface area contributed by atoms with Crippen LogP contribution in [0.4, 0.5) is 0 Å². The molecule has 0 heterocycles. The fraction of sp³-hybridized carbons (Fsp3) is 1.00. The SMILES string of the molecule is CO[C@@H]1CCC[C@@H]1S(N)=O. The minimum Gasteiger partial charge on any atom is -0.380 e. The van der Waals surface area contributed by atoms with Crippen molar-refractivity contribution in [1.82, 2.24) is 0 Å². The van der Waals surface area contributed by atoms with E-state index in [1.54, 1.807) is 7.11 Å². The molecular weight excluding hydrogens is 150 g/mol. The topological polar surface area (TPSA) is 52.3 Å². The molecule has 0 amide bonds. The van der Waals surface area contributed by atoms with Gasteiger partial charge in [-0.2, -0.15) is 0 Å². The molecule has 0 bridgehead atoms. The van der Waals surface area contributed by atoms with Crippen LogP contribution < -0.4 is 5.14 Å². The van der Waals surface area contributed by atoms with Gasteiger partial charge in [0.25, 0.3) is 0 Å². The van der Waals surface area contributed by atoms with Crippen molar-refractivity contribution in [3.63, 3.8) is 0 Å². The standard InChI is InChI=1S/C6H13NO2S/c1-9-5-3-2-4-6(5)10(7)8/h5-6H,2-4,7H2,1H3/t5-,6+,10?/m1/s1. The lowest BCUT2D eigenvalue weighted by Crippen LogP contribution is -2.30. The van der Waals surface area contributed by atoms with Gasteiger partial charge in [0.05, 0.1) is 22.3 Å². The smallest absolute Gasteiger partial charge is 0.0946 e. The molecule has 1 saturated carbocycles. The van der Waals surface area contributed by atoms with E-state index in [-0.39, 0.29) is 11.4 Å². The predicted octanol–water partition coefficient (Wildman–Crippen LogP) is 0.176. The zero-order chi connectivity index (χ0) is 7.56. The quantitative estimate of drug-likeness (QED) is 0.631. The molecule has 3 atom stereocenters. The second-order valence-electron chi connectivity index (χ2n) is 2.57. The Balaban J connectivity index is 2.50. The van der Waals surface area contributed by atoms with Gasteiger partial charge in [-0.05, 0) is 19.3 Å². The van der Waals surface area contributed by atoms with Crippen molar-refractivity contribution in [2.24, 2.45) is 5.14 Å². The minimum absolute atomic E-state index is 0.0741. The van der Waals surface area contributed by atoms with Gasteiger partial charge in [0.15, 0.2) is 0 Å². The van der Waals surface area contributed by atoms with E-state index in [4.69, 9.17) is 9.88 Å². The summed E-state index contributed by atoms with van der Waals surface area (Å²) in [6.07, 6.45) is 3.17. The highest BCUT2D eigenvalue weighted by molar-refractivity contribution is 7.83. The molecule has 0 radical (unpaired) electrons. The molecule has 0 aromatic heterocycles. The van der Waals surface area contributed by atoms with Crippen LogP contribution >= 0.6 is 0 Å². The van der Waals surface area contributed by atoms with Crippen molar-refractivity contribution in [2.75, 3.05) is 7.11 Å². The Hall–Kier alpha value is 0.0700. The molecule has 0 aromatic carbocycles. The van der Waals surface area contributed by atoms with Crippen LogP contribution in [0.1, 0.15) is 19.3 Å². The monoisotopic (exact) mass is 163 g/mol. The maximum atomic E-state index is 10.8. The van der Waals surface area contributed by atoms with Gasteiger partial charge in [-0.15, -0.1) is 0 Å².